The van der Waals surface area contributed by atoms with Crippen LogP contribution in [0.3, 0.4) is 0 Å². The van der Waals surface area contributed by atoms with Gasteiger partial charge in [0, 0.05) is 25.2 Å². The third kappa shape index (κ3) is 2.79. The largest absolute Gasteiger partial charge is 0.493 e. The van der Waals surface area contributed by atoms with Crippen LogP contribution in [0.1, 0.15) is 30.5 Å². The van der Waals surface area contributed by atoms with Crippen LogP contribution in [0, 0.1) is 0 Å². The Morgan fingerprint density at radius 3 is 2.58 bits per heavy atom. The summed E-state index contributed by atoms with van der Waals surface area (Å²) in [7, 11) is 3.32. The molecule has 7 nitrogen and oxygen atoms in total. The van der Waals surface area contributed by atoms with E-state index in [4.69, 9.17) is 19.9 Å². The first kappa shape index (κ1) is 17.4. The van der Waals surface area contributed by atoms with Gasteiger partial charge in [0.15, 0.2) is 11.5 Å². The Morgan fingerprint density at radius 2 is 1.92 bits per heavy atom. The van der Waals surface area contributed by atoms with E-state index in [1.807, 2.05) is 11.8 Å². The molecule has 2 N–H and O–H groups in total. The van der Waals surface area contributed by atoms with Gasteiger partial charge >= 0.3 is 6.09 Å². The second-order valence-electron chi connectivity index (χ2n) is 7.48. The molecule has 0 radical (unpaired) electrons. The van der Waals surface area contributed by atoms with Crippen LogP contribution >= 0.6 is 0 Å². The lowest BCUT2D eigenvalue weighted by Gasteiger charge is -2.48. The zero-order chi connectivity index (χ0) is 18.4. The monoisotopic (exact) mass is 361 g/mol. The summed E-state index contributed by atoms with van der Waals surface area (Å²) < 4.78 is 16.2. The Morgan fingerprint density at radius 1 is 1.19 bits per heavy atom. The molecule has 0 aromatic heterocycles. The summed E-state index contributed by atoms with van der Waals surface area (Å²) >= 11 is 0. The van der Waals surface area contributed by atoms with E-state index in [2.05, 4.69) is 17.0 Å². The maximum absolute atomic E-state index is 12.1. The number of nitrogens with zero attached hydrogens (tertiary/aromatic N) is 2. The number of methoxy groups -OCH3 is 2. The van der Waals surface area contributed by atoms with Crippen molar-refractivity contribution in [3.8, 4) is 11.5 Å². The second-order valence-corrected chi connectivity index (χ2v) is 7.48. The van der Waals surface area contributed by atoms with E-state index >= 15 is 0 Å². The van der Waals surface area contributed by atoms with Crippen LogP contribution in [-0.2, 0) is 11.2 Å². The van der Waals surface area contributed by atoms with Crippen LogP contribution in [0.2, 0.25) is 0 Å². The molecule has 1 amide bonds. The van der Waals surface area contributed by atoms with Crippen LogP contribution in [0.25, 0.3) is 0 Å². The van der Waals surface area contributed by atoms with Gasteiger partial charge in [0.05, 0.1) is 26.8 Å². The number of rotatable bonds is 3. The first-order chi connectivity index (χ1) is 12.5. The molecule has 1 aromatic rings. The fourth-order valence-corrected chi connectivity index (χ4v) is 4.59. The van der Waals surface area contributed by atoms with Crippen molar-refractivity contribution in [1.29, 1.82) is 0 Å². The average Bonchev–Trinajstić information content (AvgIpc) is 2.97. The van der Waals surface area contributed by atoms with Crippen LogP contribution in [0.4, 0.5) is 4.79 Å². The van der Waals surface area contributed by atoms with Gasteiger partial charge in [0.25, 0.3) is 0 Å². The zero-order valence-corrected chi connectivity index (χ0v) is 15.6. The third-order valence-electron chi connectivity index (χ3n) is 5.92. The molecular formula is C19H27N3O4. The number of hydrogen-bond donors (Lipinski definition) is 1. The summed E-state index contributed by atoms with van der Waals surface area (Å²) in [6.45, 7) is 4.28. The highest BCUT2D eigenvalue weighted by Crippen LogP contribution is 2.42. The quantitative estimate of drug-likeness (QED) is 0.880. The molecule has 0 aliphatic carbocycles. The van der Waals surface area contributed by atoms with E-state index in [0.717, 1.165) is 37.4 Å². The minimum atomic E-state index is -0.236. The predicted molar refractivity (Wildman–Crippen MR) is 96.6 cm³/mol. The Balaban J connectivity index is 1.60. The topological polar surface area (TPSA) is 77.3 Å². The molecule has 3 aliphatic rings. The van der Waals surface area contributed by atoms with Crippen LogP contribution in [-0.4, -0.2) is 67.9 Å². The summed E-state index contributed by atoms with van der Waals surface area (Å²) in [4.78, 5) is 16.4. The molecule has 3 heterocycles. The molecule has 2 saturated heterocycles. The summed E-state index contributed by atoms with van der Waals surface area (Å²) in [6, 6.07) is 4.35. The second kappa shape index (κ2) is 6.63. The van der Waals surface area contributed by atoms with Crippen molar-refractivity contribution in [2.75, 3.05) is 33.9 Å². The Hall–Kier alpha value is -1.99. The van der Waals surface area contributed by atoms with Crippen LogP contribution in [0.15, 0.2) is 12.1 Å². The van der Waals surface area contributed by atoms with Crippen LogP contribution < -0.4 is 15.2 Å². The Labute approximate surface area is 154 Å². The number of hydrogen-bond acceptors (Lipinski definition) is 6. The number of carbonyl (C=O) groups excluding carboxylic acids is 1. The van der Waals surface area contributed by atoms with E-state index < -0.39 is 0 Å². The molecule has 26 heavy (non-hydrogen) atoms. The molecule has 3 aliphatic heterocycles. The molecule has 0 spiro atoms. The summed E-state index contributed by atoms with van der Waals surface area (Å²) in [5.74, 6) is 1.52. The van der Waals surface area contributed by atoms with Gasteiger partial charge < -0.3 is 19.9 Å². The van der Waals surface area contributed by atoms with E-state index in [-0.39, 0.29) is 30.3 Å². The molecule has 4 rings (SSSR count). The molecule has 0 bridgehead atoms. The third-order valence-corrected chi connectivity index (χ3v) is 5.92. The number of piperidine rings is 1. The fourth-order valence-electron chi connectivity index (χ4n) is 4.59. The van der Waals surface area contributed by atoms with Gasteiger partial charge in [0.1, 0.15) is 6.10 Å². The summed E-state index contributed by atoms with van der Waals surface area (Å²) in [6.07, 6.45) is 1.46. The summed E-state index contributed by atoms with van der Waals surface area (Å²) in [5, 5.41) is 0. The Bertz CT molecular complexity index is 710. The van der Waals surface area contributed by atoms with Crippen molar-refractivity contribution in [2.45, 2.75) is 44.0 Å². The lowest BCUT2D eigenvalue weighted by Crippen LogP contribution is -2.60. The van der Waals surface area contributed by atoms with Crippen molar-refractivity contribution in [2.24, 2.45) is 5.73 Å². The van der Waals surface area contributed by atoms with Crippen molar-refractivity contribution in [1.82, 2.24) is 9.80 Å². The molecule has 0 saturated carbocycles. The molecular weight excluding hydrogens is 334 g/mol. The highest BCUT2D eigenvalue weighted by atomic mass is 16.6. The number of amides is 1. The maximum Gasteiger partial charge on any atom is 0.410 e. The number of benzene rings is 1. The standard InChI is InChI=1S/C19H27N3O4/c1-11-9-22(19(23)26-11)16-10-21-5-4-12-6-17(24-2)18(25-3)7-13(12)15(21)8-14(16)20/h6-7,11,14-16H,4-5,8-10,20H2,1-3H3/t11?,14-,15-,16?/m0/s1. The highest BCUT2D eigenvalue weighted by Gasteiger charge is 2.44. The smallest absolute Gasteiger partial charge is 0.410 e. The number of carbonyl (C=O) groups is 1. The van der Waals surface area contributed by atoms with E-state index in [1.54, 1.807) is 14.2 Å². The predicted octanol–water partition coefficient (Wildman–Crippen LogP) is 1.54. The highest BCUT2D eigenvalue weighted by molar-refractivity contribution is 5.70. The fraction of sp³-hybridized carbons (Fsp3) is 0.632. The minimum absolute atomic E-state index is 0.00499. The minimum Gasteiger partial charge on any atom is -0.493 e. The van der Waals surface area contributed by atoms with Gasteiger partial charge in [-0.2, -0.15) is 0 Å². The van der Waals surface area contributed by atoms with Gasteiger partial charge in [-0.15, -0.1) is 0 Å². The molecule has 142 valence electrons. The van der Waals surface area contributed by atoms with Gasteiger partial charge in [0.2, 0.25) is 0 Å². The van der Waals surface area contributed by atoms with Crippen molar-refractivity contribution in [3.63, 3.8) is 0 Å². The van der Waals surface area contributed by atoms with Crippen molar-refractivity contribution in [3.05, 3.63) is 23.3 Å². The molecule has 4 atom stereocenters. The van der Waals surface area contributed by atoms with E-state index in [9.17, 15) is 4.79 Å². The maximum atomic E-state index is 12.1. The molecule has 1 aromatic carbocycles. The van der Waals surface area contributed by atoms with Crippen LogP contribution in [0.5, 0.6) is 11.5 Å². The first-order valence-corrected chi connectivity index (χ1v) is 9.23. The number of fused-ring (bicyclic) bond motifs is 3. The zero-order valence-electron chi connectivity index (χ0n) is 15.6. The summed E-state index contributed by atoms with van der Waals surface area (Å²) in [5.41, 5.74) is 9.08. The Kier molecular flexibility index (Phi) is 4.44. The van der Waals surface area contributed by atoms with Crippen molar-refractivity contribution >= 4 is 6.09 Å². The van der Waals surface area contributed by atoms with Crippen molar-refractivity contribution < 1.29 is 19.0 Å². The normalized spacial score (nSPS) is 31.2. The number of nitrogens with two attached hydrogens (primary N) is 1. The van der Waals surface area contributed by atoms with E-state index in [1.165, 1.54) is 11.1 Å². The SMILES string of the molecule is COc1cc2c(cc1OC)[C@@H]1C[C@H](N)C(N3CC(C)OC3=O)CN1CC2. The lowest BCUT2D eigenvalue weighted by molar-refractivity contribution is 0.0566. The van der Waals surface area contributed by atoms with Gasteiger partial charge in [-0.3, -0.25) is 9.80 Å². The van der Waals surface area contributed by atoms with E-state index in [0.29, 0.717) is 6.54 Å². The molecule has 2 unspecified atom stereocenters. The lowest BCUT2D eigenvalue weighted by atomic mass is 9.83. The first-order valence-electron chi connectivity index (χ1n) is 9.23. The average molecular weight is 361 g/mol. The van der Waals surface area contributed by atoms with Gasteiger partial charge in [-0.05, 0) is 43.0 Å². The molecule has 2 fully saturated rings. The van der Waals surface area contributed by atoms with Gasteiger partial charge in [-0.1, -0.05) is 0 Å². The number of cyclic esters (lactones) is 1. The number of ether oxygens (including phenoxy) is 3. The molecule has 7 heteroatoms. The van der Waals surface area contributed by atoms with Gasteiger partial charge in [-0.25, -0.2) is 4.79 Å².